The van der Waals surface area contributed by atoms with Crippen LogP contribution in [0.2, 0.25) is 0 Å². The molecule has 0 N–H and O–H groups in total. The van der Waals surface area contributed by atoms with E-state index >= 15 is 0 Å². The van der Waals surface area contributed by atoms with Crippen LogP contribution in [0.15, 0.2) is 42.7 Å². The average molecular weight is 136 g/mol. The van der Waals surface area contributed by atoms with E-state index in [0.29, 0.717) is 6.61 Å². The highest BCUT2D eigenvalue weighted by Gasteiger charge is 1.81. The Labute approximate surface area is 62.0 Å². The topological polar surface area (TPSA) is 9.23 Å². The Kier molecular flexibility index (Phi) is 5.45. The van der Waals surface area contributed by atoms with Crippen LogP contribution in [0, 0.1) is 0 Å². The van der Waals surface area contributed by atoms with Crippen molar-refractivity contribution >= 4 is 0 Å². The summed E-state index contributed by atoms with van der Waals surface area (Å²) in [5.74, 6) is 0. The van der Waals surface area contributed by atoms with Gasteiger partial charge in [0.1, 0.15) is 0 Å². The predicted octanol–water partition coefficient (Wildman–Crippen LogP) is 2.09. The smallest absolute Gasteiger partial charge is 0.0713 e. The summed E-state index contributed by atoms with van der Waals surface area (Å²) in [7, 11) is 1.64. The summed E-state index contributed by atoms with van der Waals surface area (Å²) >= 11 is 0. The van der Waals surface area contributed by atoms with Crippen LogP contribution in [-0.2, 0) is 4.74 Å². The second kappa shape index (κ2) is 6.09. The molecule has 54 valence electrons. The lowest BCUT2D eigenvalue weighted by Gasteiger charge is -1.92. The molecule has 0 aromatic carbocycles. The highest BCUT2D eigenvalue weighted by atomic mass is 16.5. The van der Waals surface area contributed by atoms with E-state index in [0.717, 1.165) is 5.57 Å². The van der Waals surface area contributed by atoms with Crippen molar-refractivity contribution in [2.45, 2.75) is 0 Å². The molecule has 10 heavy (non-hydrogen) atoms. The van der Waals surface area contributed by atoms with Crippen LogP contribution in [0.3, 0.4) is 0 Å². The van der Waals surface area contributed by atoms with Crippen LogP contribution >= 0.6 is 0 Å². The summed E-state index contributed by atoms with van der Waals surface area (Å²) in [6.45, 7) is 7.78. The van der Waals surface area contributed by atoms with Crippen molar-refractivity contribution < 1.29 is 4.74 Å². The van der Waals surface area contributed by atoms with E-state index in [1.807, 2.05) is 0 Å². The zero-order valence-electron chi connectivity index (χ0n) is 6.26. The molecule has 0 aliphatic heterocycles. The van der Waals surface area contributed by atoms with Gasteiger partial charge >= 0.3 is 0 Å². The third-order valence-corrected chi connectivity index (χ3v) is 0.831. The molecule has 0 aliphatic rings. The Balaban J connectivity index is 3.77. The highest BCUT2D eigenvalue weighted by Crippen LogP contribution is 1.90. The molecule has 0 aromatic heterocycles. The fourth-order valence-corrected chi connectivity index (χ4v) is 0.461. The molecule has 0 aromatic rings. The maximum atomic E-state index is 4.82. The minimum atomic E-state index is 0.554. The van der Waals surface area contributed by atoms with Crippen LogP contribution in [0.5, 0.6) is 0 Å². The fraction of sp³-hybridized carbons (Fsp3) is 0.222. The number of hydrogen-bond donors (Lipinski definition) is 0. The molecule has 0 amide bonds. The average Bonchev–Trinajstić information content (AvgIpc) is 1.89. The fourth-order valence-electron chi connectivity index (χ4n) is 0.461. The molecule has 0 saturated carbocycles. The standard InChI is InChI=1S/C9H12O/c1-4-5-6-7-9(2)8-10-3/h4-5,7H,1-2,8H2,3H3. The molecular formula is C9H12O. The Morgan fingerprint density at radius 1 is 1.70 bits per heavy atom. The van der Waals surface area contributed by atoms with Crippen LogP contribution in [0.4, 0.5) is 0 Å². The Morgan fingerprint density at radius 2 is 2.40 bits per heavy atom. The van der Waals surface area contributed by atoms with Crippen LogP contribution in [0.1, 0.15) is 0 Å². The normalized spacial score (nSPS) is 7.70. The summed E-state index contributed by atoms with van der Waals surface area (Å²) in [5.41, 5.74) is 3.78. The molecule has 0 spiro atoms. The third-order valence-electron chi connectivity index (χ3n) is 0.831. The largest absolute Gasteiger partial charge is 0.380 e. The van der Waals surface area contributed by atoms with Crippen molar-refractivity contribution in [2.24, 2.45) is 0 Å². The van der Waals surface area contributed by atoms with Gasteiger partial charge in [-0.05, 0) is 17.7 Å². The van der Waals surface area contributed by atoms with E-state index in [2.05, 4.69) is 18.9 Å². The first-order valence-corrected chi connectivity index (χ1v) is 3.01. The second-order valence-electron chi connectivity index (χ2n) is 1.80. The summed E-state index contributed by atoms with van der Waals surface area (Å²) in [5, 5.41) is 0. The van der Waals surface area contributed by atoms with Gasteiger partial charge in [0.15, 0.2) is 0 Å². The molecule has 1 heteroatoms. The lowest BCUT2D eigenvalue weighted by molar-refractivity contribution is 0.228. The summed E-state index contributed by atoms with van der Waals surface area (Å²) in [6, 6.07) is 0. The molecular weight excluding hydrogens is 124 g/mol. The number of methoxy groups -OCH3 is 1. The van der Waals surface area contributed by atoms with Gasteiger partial charge in [-0.25, -0.2) is 0 Å². The van der Waals surface area contributed by atoms with Crippen molar-refractivity contribution in [3.8, 4) is 0 Å². The van der Waals surface area contributed by atoms with E-state index in [4.69, 9.17) is 4.74 Å². The highest BCUT2D eigenvalue weighted by molar-refractivity contribution is 5.15. The van der Waals surface area contributed by atoms with Gasteiger partial charge in [-0.1, -0.05) is 19.2 Å². The van der Waals surface area contributed by atoms with Crippen molar-refractivity contribution in [1.29, 1.82) is 0 Å². The van der Waals surface area contributed by atoms with Crippen molar-refractivity contribution in [1.82, 2.24) is 0 Å². The van der Waals surface area contributed by atoms with Gasteiger partial charge < -0.3 is 4.74 Å². The van der Waals surface area contributed by atoms with Gasteiger partial charge in [0.05, 0.1) is 6.61 Å². The van der Waals surface area contributed by atoms with Gasteiger partial charge in [0, 0.05) is 7.11 Å². The first kappa shape index (κ1) is 8.96. The maximum Gasteiger partial charge on any atom is 0.0713 e. The number of ether oxygens (including phenoxy) is 1. The first-order chi connectivity index (χ1) is 4.81. The minimum absolute atomic E-state index is 0.554. The van der Waals surface area contributed by atoms with E-state index in [-0.39, 0.29) is 0 Å². The number of allylic oxidation sites excluding steroid dienone is 1. The van der Waals surface area contributed by atoms with E-state index < -0.39 is 0 Å². The SMILES string of the molecule is C=CC=C=CC(=C)COC. The zero-order chi connectivity index (χ0) is 7.82. The van der Waals surface area contributed by atoms with Gasteiger partial charge in [-0.15, -0.1) is 5.73 Å². The quantitative estimate of drug-likeness (QED) is 0.424. The molecule has 0 rings (SSSR count). The van der Waals surface area contributed by atoms with E-state index in [1.165, 1.54) is 0 Å². The van der Waals surface area contributed by atoms with Crippen LogP contribution in [-0.4, -0.2) is 13.7 Å². The molecule has 0 aliphatic carbocycles. The summed E-state index contributed by atoms with van der Waals surface area (Å²) in [4.78, 5) is 0. The summed E-state index contributed by atoms with van der Waals surface area (Å²) in [6.07, 6.45) is 5.16. The molecule has 0 atom stereocenters. The zero-order valence-corrected chi connectivity index (χ0v) is 6.26. The Morgan fingerprint density at radius 3 is 2.90 bits per heavy atom. The lowest BCUT2D eigenvalue weighted by atomic mass is 10.3. The van der Waals surface area contributed by atoms with Crippen LogP contribution < -0.4 is 0 Å². The lowest BCUT2D eigenvalue weighted by Crippen LogP contribution is -1.87. The monoisotopic (exact) mass is 136 g/mol. The molecule has 0 saturated heterocycles. The van der Waals surface area contributed by atoms with Crippen molar-refractivity contribution in [3.05, 3.63) is 42.7 Å². The molecule has 0 heterocycles. The van der Waals surface area contributed by atoms with E-state index in [1.54, 1.807) is 25.3 Å². The van der Waals surface area contributed by atoms with Crippen molar-refractivity contribution in [3.63, 3.8) is 0 Å². The molecule has 0 radical (unpaired) electrons. The van der Waals surface area contributed by atoms with Crippen LogP contribution in [0.25, 0.3) is 0 Å². The predicted molar refractivity (Wildman–Crippen MR) is 43.9 cm³/mol. The first-order valence-electron chi connectivity index (χ1n) is 3.01. The third kappa shape index (κ3) is 5.10. The molecule has 1 nitrogen and oxygen atoms in total. The van der Waals surface area contributed by atoms with Gasteiger partial charge in [-0.3, -0.25) is 0 Å². The minimum Gasteiger partial charge on any atom is -0.380 e. The number of hydrogen-bond acceptors (Lipinski definition) is 1. The van der Waals surface area contributed by atoms with E-state index in [9.17, 15) is 0 Å². The summed E-state index contributed by atoms with van der Waals surface area (Å²) < 4.78 is 4.82. The second-order valence-corrected chi connectivity index (χ2v) is 1.80. The molecule has 0 fully saturated rings. The van der Waals surface area contributed by atoms with Crippen molar-refractivity contribution in [2.75, 3.05) is 13.7 Å². The Hall–Kier alpha value is -1.04. The number of rotatable bonds is 4. The van der Waals surface area contributed by atoms with Gasteiger partial charge in [0.25, 0.3) is 0 Å². The van der Waals surface area contributed by atoms with Gasteiger partial charge in [-0.2, -0.15) is 0 Å². The maximum absolute atomic E-state index is 4.82. The molecule has 0 unspecified atom stereocenters. The Bertz CT molecular complexity index is 171. The van der Waals surface area contributed by atoms with Gasteiger partial charge in [0.2, 0.25) is 0 Å². The molecule has 0 bridgehead atoms.